The zero-order valence-electron chi connectivity index (χ0n) is 16.3. The van der Waals surface area contributed by atoms with Crippen LogP contribution in [0.3, 0.4) is 0 Å². The van der Waals surface area contributed by atoms with E-state index in [0.717, 1.165) is 23.3 Å². The van der Waals surface area contributed by atoms with E-state index < -0.39 is 26.1 Å². The van der Waals surface area contributed by atoms with Crippen molar-refractivity contribution in [2.45, 2.75) is 13.8 Å². The number of nitro benzene ring substituents is 3. The van der Waals surface area contributed by atoms with Gasteiger partial charge in [-0.2, -0.15) is 5.10 Å². The number of furan rings is 1. The Morgan fingerprint density at radius 3 is 2.19 bits per heavy atom. The molecule has 0 amide bonds. The third kappa shape index (κ3) is 4.53. The Morgan fingerprint density at radius 1 is 0.871 bits per heavy atom. The van der Waals surface area contributed by atoms with Crippen LogP contribution in [0.4, 0.5) is 22.7 Å². The molecule has 0 radical (unpaired) electrons. The van der Waals surface area contributed by atoms with Crippen LogP contribution >= 0.6 is 0 Å². The number of hydrogen-bond donors (Lipinski definition) is 1. The summed E-state index contributed by atoms with van der Waals surface area (Å²) >= 11 is 0. The number of non-ortho nitro benzene ring substituents is 1. The summed E-state index contributed by atoms with van der Waals surface area (Å²) in [6.07, 6.45) is 1.22. The van der Waals surface area contributed by atoms with Gasteiger partial charge in [0, 0.05) is 12.1 Å². The monoisotopic (exact) mass is 425 g/mol. The molecule has 2 aromatic carbocycles. The van der Waals surface area contributed by atoms with E-state index in [9.17, 15) is 30.3 Å². The summed E-state index contributed by atoms with van der Waals surface area (Å²) in [5.41, 5.74) is 3.30. The van der Waals surface area contributed by atoms with Crippen molar-refractivity contribution in [2.75, 3.05) is 5.43 Å². The van der Waals surface area contributed by atoms with Gasteiger partial charge in [0.15, 0.2) is 0 Å². The van der Waals surface area contributed by atoms with Crippen LogP contribution in [0.2, 0.25) is 0 Å². The largest absolute Gasteiger partial charge is 0.455 e. The first-order chi connectivity index (χ1) is 14.7. The molecule has 0 atom stereocenters. The minimum Gasteiger partial charge on any atom is -0.455 e. The first-order valence-electron chi connectivity index (χ1n) is 8.75. The second-order valence-electron chi connectivity index (χ2n) is 6.50. The second kappa shape index (κ2) is 8.41. The summed E-state index contributed by atoms with van der Waals surface area (Å²) < 4.78 is 5.60. The minimum absolute atomic E-state index is 0.0524. The van der Waals surface area contributed by atoms with Gasteiger partial charge in [-0.15, -0.1) is 0 Å². The summed E-state index contributed by atoms with van der Waals surface area (Å²) in [6.45, 7) is 3.60. The van der Waals surface area contributed by atoms with Crippen molar-refractivity contribution in [3.8, 4) is 11.3 Å². The van der Waals surface area contributed by atoms with Crippen molar-refractivity contribution in [3.05, 3.63) is 89.7 Å². The molecule has 1 aromatic heterocycles. The number of rotatable bonds is 7. The number of aryl methyl sites for hydroxylation is 2. The Hall–Kier alpha value is -4.61. The number of hydrazone groups is 1. The van der Waals surface area contributed by atoms with Gasteiger partial charge in [0.25, 0.3) is 11.4 Å². The molecule has 1 heterocycles. The molecule has 0 unspecified atom stereocenters. The van der Waals surface area contributed by atoms with Crippen molar-refractivity contribution < 1.29 is 19.2 Å². The standard InChI is InChI=1S/C19H15N5O7/c1-11-7-15(17(23(27)28)8-12(11)2)19-6-4-14(31-19)10-20-21-16-5-3-13(22(25)26)9-18(16)24(29)30/h3-10,21H,1-2H3/b20-10+. The molecule has 12 nitrogen and oxygen atoms in total. The molecule has 0 aliphatic carbocycles. The van der Waals surface area contributed by atoms with Crippen LogP contribution in [-0.4, -0.2) is 21.0 Å². The molecule has 0 aliphatic heterocycles. The normalized spacial score (nSPS) is 10.9. The molecule has 31 heavy (non-hydrogen) atoms. The molecule has 3 rings (SSSR count). The van der Waals surface area contributed by atoms with Crippen molar-refractivity contribution in [1.82, 2.24) is 0 Å². The Morgan fingerprint density at radius 2 is 1.55 bits per heavy atom. The molecular formula is C19H15N5O7. The van der Waals surface area contributed by atoms with Gasteiger partial charge in [-0.1, -0.05) is 0 Å². The lowest BCUT2D eigenvalue weighted by Gasteiger charge is -2.04. The van der Waals surface area contributed by atoms with Gasteiger partial charge in [-0.3, -0.25) is 35.8 Å². The molecular weight excluding hydrogens is 410 g/mol. The predicted octanol–water partition coefficient (Wildman–Crippen LogP) is 4.73. The average Bonchev–Trinajstić information content (AvgIpc) is 3.18. The highest BCUT2D eigenvalue weighted by molar-refractivity contribution is 5.80. The number of benzene rings is 2. The van der Waals surface area contributed by atoms with Gasteiger partial charge >= 0.3 is 5.69 Å². The van der Waals surface area contributed by atoms with Crippen LogP contribution in [0.1, 0.15) is 16.9 Å². The summed E-state index contributed by atoms with van der Waals surface area (Å²) in [5.74, 6) is 0.497. The van der Waals surface area contributed by atoms with Crippen molar-refractivity contribution >= 4 is 29.0 Å². The van der Waals surface area contributed by atoms with Crippen LogP contribution in [-0.2, 0) is 0 Å². The zero-order chi connectivity index (χ0) is 22.7. The van der Waals surface area contributed by atoms with Gasteiger partial charge in [-0.05, 0) is 49.2 Å². The van der Waals surface area contributed by atoms with E-state index in [-0.39, 0.29) is 22.9 Å². The fraction of sp³-hybridized carbons (Fsp3) is 0.105. The predicted molar refractivity (Wildman–Crippen MR) is 111 cm³/mol. The van der Waals surface area contributed by atoms with E-state index in [2.05, 4.69) is 10.5 Å². The molecule has 0 saturated carbocycles. The molecule has 0 bridgehead atoms. The number of anilines is 1. The number of nitro groups is 3. The van der Waals surface area contributed by atoms with E-state index in [1.807, 2.05) is 6.92 Å². The maximum atomic E-state index is 11.4. The van der Waals surface area contributed by atoms with E-state index in [0.29, 0.717) is 5.56 Å². The van der Waals surface area contributed by atoms with E-state index in [4.69, 9.17) is 4.42 Å². The Balaban J connectivity index is 1.85. The van der Waals surface area contributed by atoms with Crippen LogP contribution in [0.25, 0.3) is 11.3 Å². The van der Waals surface area contributed by atoms with Crippen molar-refractivity contribution in [3.63, 3.8) is 0 Å². The van der Waals surface area contributed by atoms with Gasteiger partial charge in [0.05, 0.1) is 32.6 Å². The van der Waals surface area contributed by atoms with Gasteiger partial charge in [0.2, 0.25) is 0 Å². The van der Waals surface area contributed by atoms with Crippen LogP contribution < -0.4 is 5.43 Å². The molecule has 0 saturated heterocycles. The van der Waals surface area contributed by atoms with E-state index >= 15 is 0 Å². The van der Waals surface area contributed by atoms with Crippen LogP contribution in [0.5, 0.6) is 0 Å². The third-order valence-corrected chi connectivity index (χ3v) is 4.47. The SMILES string of the molecule is Cc1cc(-c2ccc(/C=N/Nc3ccc([N+](=O)[O-])cc3[N+](=O)[O-])o2)c([N+](=O)[O-])cc1C. The third-order valence-electron chi connectivity index (χ3n) is 4.47. The molecule has 0 fully saturated rings. The number of nitrogens with zero attached hydrogens (tertiary/aromatic N) is 4. The first kappa shape index (κ1) is 21.1. The smallest absolute Gasteiger partial charge is 0.301 e. The fourth-order valence-corrected chi connectivity index (χ4v) is 2.76. The zero-order valence-corrected chi connectivity index (χ0v) is 16.3. The van der Waals surface area contributed by atoms with Crippen LogP contribution in [0.15, 0.2) is 52.0 Å². The lowest BCUT2D eigenvalue weighted by molar-refractivity contribution is -0.393. The van der Waals surface area contributed by atoms with Crippen LogP contribution in [0, 0.1) is 44.2 Å². The highest BCUT2D eigenvalue weighted by Gasteiger charge is 2.20. The lowest BCUT2D eigenvalue weighted by Crippen LogP contribution is -1.98. The maximum absolute atomic E-state index is 11.4. The highest BCUT2D eigenvalue weighted by atomic mass is 16.6. The topological polar surface area (TPSA) is 167 Å². The second-order valence-corrected chi connectivity index (χ2v) is 6.50. The minimum atomic E-state index is -0.769. The maximum Gasteiger partial charge on any atom is 0.301 e. The van der Waals surface area contributed by atoms with E-state index in [1.54, 1.807) is 19.1 Å². The average molecular weight is 425 g/mol. The van der Waals surface area contributed by atoms with Crippen molar-refractivity contribution in [2.24, 2.45) is 5.10 Å². The Kier molecular flexibility index (Phi) is 5.72. The first-order valence-corrected chi connectivity index (χ1v) is 8.75. The summed E-state index contributed by atoms with van der Waals surface area (Å²) in [6, 6.07) is 9.30. The number of nitrogens with one attached hydrogen (secondary N) is 1. The summed E-state index contributed by atoms with van der Waals surface area (Å²) in [7, 11) is 0. The summed E-state index contributed by atoms with van der Waals surface area (Å²) in [5, 5.41) is 37.2. The van der Waals surface area contributed by atoms with E-state index in [1.165, 1.54) is 24.4 Å². The molecule has 0 spiro atoms. The van der Waals surface area contributed by atoms with Gasteiger partial charge in [-0.25, -0.2) is 0 Å². The fourth-order valence-electron chi connectivity index (χ4n) is 2.76. The highest BCUT2D eigenvalue weighted by Crippen LogP contribution is 2.33. The Labute approximate surface area is 174 Å². The molecule has 1 N–H and O–H groups in total. The number of hydrogen-bond acceptors (Lipinski definition) is 9. The summed E-state index contributed by atoms with van der Waals surface area (Å²) in [4.78, 5) is 31.3. The van der Waals surface area contributed by atoms with Gasteiger partial charge < -0.3 is 4.42 Å². The van der Waals surface area contributed by atoms with Crippen molar-refractivity contribution in [1.29, 1.82) is 0 Å². The quantitative estimate of drug-likeness (QED) is 0.322. The molecule has 0 aliphatic rings. The molecule has 3 aromatic rings. The van der Waals surface area contributed by atoms with Gasteiger partial charge in [0.1, 0.15) is 17.2 Å². The lowest BCUT2D eigenvalue weighted by atomic mass is 10.0. The Bertz CT molecular complexity index is 1230. The molecule has 12 heteroatoms. The molecule has 158 valence electrons.